The topological polar surface area (TPSA) is 55.5 Å². The van der Waals surface area contributed by atoms with Crippen LogP contribution in [0.15, 0.2) is 12.1 Å². The molecule has 0 aliphatic heterocycles. The van der Waals surface area contributed by atoms with E-state index in [4.69, 9.17) is 10.5 Å². The Morgan fingerprint density at radius 2 is 1.86 bits per heavy atom. The molecule has 1 rings (SSSR count). The van der Waals surface area contributed by atoms with Gasteiger partial charge in [0.2, 0.25) is 0 Å². The van der Waals surface area contributed by atoms with Crippen molar-refractivity contribution in [1.82, 2.24) is 0 Å². The predicted molar refractivity (Wildman–Crippen MR) is 56.5 cm³/mol. The van der Waals surface area contributed by atoms with E-state index in [1.807, 2.05) is 26.0 Å². The smallest absolute Gasteiger partial charge is 0.124 e. The van der Waals surface area contributed by atoms with E-state index >= 15 is 0 Å². The Bertz CT molecular complexity index is 300. The fourth-order valence-electron chi connectivity index (χ4n) is 1.63. The fourth-order valence-corrected chi connectivity index (χ4v) is 1.63. The van der Waals surface area contributed by atoms with Crippen LogP contribution >= 0.6 is 0 Å². The van der Waals surface area contributed by atoms with Gasteiger partial charge in [-0.2, -0.15) is 0 Å². The summed E-state index contributed by atoms with van der Waals surface area (Å²) in [6.45, 7) is 4.16. The van der Waals surface area contributed by atoms with Gasteiger partial charge in [0.1, 0.15) is 5.75 Å². The molecule has 0 unspecified atom stereocenters. The minimum Gasteiger partial charge on any atom is -0.496 e. The van der Waals surface area contributed by atoms with E-state index in [-0.39, 0.29) is 6.54 Å². The number of aliphatic hydroxyl groups excluding tert-OH is 1. The highest BCUT2D eigenvalue weighted by atomic mass is 16.5. The molecule has 0 spiro atoms. The average molecular weight is 195 g/mol. The van der Waals surface area contributed by atoms with Gasteiger partial charge in [0.15, 0.2) is 0 Å². The van der Waals surface area contributed by atoms with Crippen molar-refractivity contribution >= 4 is 0 Å². The number of aryl methyl sites for hydroxylation is 2. The summed E-state index contributed by atoms with van der Waals surface area (Å²) in [5.74, 6) is 0.873. The van der Waals surface area contributed by atoms with Crippen LogP contribution in [0.5, 0.6) is 5.75 Å². The van der Waals surface area contributed by atoms with Crippen molar-refractivity contribution in [2.75, 3.05) is 13.7 Å². The Morgan fingerprint density at radius 3 is 2.21 bits per heavy atom. The molecule has 0 saturated carbocycles. The zero-order valence-corrected chi connectivity index (χ0v) is 8.87. The van der Waals surface area contributed by atoms with Crippen LogP contribution in [0.2, 0.25) is 0 Å². The van der Waals surface area contributed by atoms with Gasteiger partial charge in [0.05, 0.1) is 13.2 Å². The monoisotopic (exact) mass is 195 g/mol. The number of hydrogen-bond acceptors (Lipinski definition) is 3. The molecular formula is C11H17NO2. The average Bonchev–Trinajstić information content (AvgIpc) is 2.16. The maximum absolute atomic E-state index is 9.58. The van der Waals surface area contributed by atoms with Crippen molar-refractivity contribution in [1.29, 1.82) is 0 Å². The number of hydrogen-bond donors (Lipinski definition) is 2. The summed E-state index contributed by atoms with van der Waals surface area (Å²) in [6.07, 6.45) is -0.585. The van der Waals surface area contributed by atoms with Crippen LogP contribution in [0, 0.1) is 13.8 Å². The summed E-state index contributed by atoms with van der Waals surface area (Å²) in [7, 11) is 1.65. The molecule has 1 aromatic carbocycles. The molecule has 3 heteroatoms. The Kier molecular flexibility index (Phi) is 3.49. The Balaban J connectivity index is 3.13. The third kappa shape index (κ3) is 2.05. The molecule has 1 atom stereocenters. The third-order valence-corrected chi connectivity index (χ3v) is 2.29. The molecule has 0 bridgehead atoms. The zero-order chi connectivity index (χ0) is 10.7. The molecule has 0 aromatic heterocycles. The summed E-state index contributed by atoms with van der Waals surface area (Å²) in [6, 6.07) is 3.81. The normalized spacial score (nSPS) is 12.6. The predicted octanol–water partition coefficient (Wildman–Crippen LogP) is 1.30. The van der Waals surface area contributed by atoms with Crippen LogP contribution in [0.25, 0.3) is 0 Å². The number of ether oxygens (including phenoxy) is 1. The van der Waals surface area contributed by atoms with Crippen molar-refractivity contribution in [2.45, 2.75) is 20.0 Å². The van der Waals surface area contributed by atoms with Crippen molar-refractivity contribution in [3.05, 3.63) is 28.8 Å². The lowest BCUT2D eigenvalue weighted by atomic mass is 10.0. The van der Waals surface area contributed by atoms with Crippen LogP contribution in [-0.2, 0) is 0 Å². The van der Waals surface area contributed by atoms with Gasteiger partial charge in [0, 0.05) is 6.54 Å². The largest absolute Gasteiger partial charge is 0.496 e. The first-order valence-electron chi connectivity index (χ1n) is 4.63. The highest BCUT2D eigenvalue weighted by molar-refractivity contribution is 5.43. The highest BCUT2D eigenvalue weighted by Crippen LogP contribution is 2.26. The van der Waals surface area contributed by atoms with Crippen LogP contribution in [-0.4, -0.2) is 18.8 Å². The first-order chi connectivity index (χ1) is 6.60. The fraction of sp³-hybridized carbons (Fsp3) is 0.455. The highest BCUT2D eigenvalue weighted by Gasteiger charge is 2.10. The van der Waals surface area contributed by atoms with E-state index in [1.54, 1.807) is 7.11 Å². The van der Waals surface area contributed by atoms with Crippen LogP contribution in [0.3, 0.4) is 0 Å². The van der Waals surface area contributed by atoms with E-state index < -0.39 is 6.10 Å². The maximum Gasteiger partial charge on any atom is 0.124 e. The van der Waals surface area contributed by atoms with Crippen molar-refractivity contribution in [3.63, 3.8) is 0 Å². The lowest BCUT2D eigenvalue weighted by Gasteiger charge is -2.14. The van der Waals surface area contributed by atoms with Gasteiger partial charge in [-0.05, 0) is 42.7 Å². The molecule has 0 fully saturated rings. The molecule has 0 saturated heterocycles. The van der Waals surface area contributed by atoms with Crippen molar-refractivity contribution in [2.24, 2.45) is 5.73 Å². The van der Waals surface area contributed by atoms with Crippen LogP contribution < -0.4 is 10.5 Å². The van der Waals surface area contributed by atoms with E-state index in [1.165, 1.54) is 0 Å². The summed E-state index contributed by atoms with van der Waals surface area (Å²) in [5, 5.41) is 9.58. The molecule has 0 aliphatic carbocycles. The summed E-state index contributed by atoms with van der Waals surface area (Å²) >= 11 is 0. The number of rotatable bonds is 3. The third-order valence-electron chi connectivity index (χ3n) is 2.29. The summed E-state index contributed by atoms with van der Waals surface area (Å²) in [4.78, 5) is 0. The molecule has 78 valence electrons. The first kappa shape index (κ1) is 11.0. The second-order valence-electron chi connectivity index (χ2n) is 3.44. The van der Waals surface area contributed by atoms with Crippen LogP contribution in [0.4, 0.5) is 0 Å². The van der Waals surface area contributed by atoms with Crippen molar-refractivity contribution in [3.8, 4) is 5.75 Å². The van der Waals surface area contributed by atoms with Gasteiger partial charge in [-0.15, -0.1) is 0 Å². The SMILES string of the molecule is COc1c(C)cc([C@@H](O)CN)cc1C. The summed E-state index contributed by atoms with van der Waals surface area (Å²) < 4.78 is 5.23. The standard InChI is InChI=1S/C11H17NO2/c1-7-4-9(10(13)6-12)5-8(2)11(7)14-3/h4-5,10,13H,6,12H2,1-3H3/t10-/m0/s1. The molecule has 14 heavy (non-hydrogen) atoms. The molecule has 1 aromatic rings. The molecule has 3 nitrogen and oxygen atoms in total. The van der Waals surface area contributed by atoms with Gasteiger partial charge in [-0.25, -0.2) is 0 Å². The summed E-state index contributed by atoms with van der Waals surface area (Å²) in [5.41, 5.74) is 8.29. The zero-order valence-electron chi connectivity index (χ0n) is 8.87. The molecule has 0 aliphatic rings. The minimum atomic E-state index is -0.585. The molecule has 3 N–H and O–H groups in total. The van der Waals surface area contributed by atoms with Gasteiger partial charge >= 0.3 is 0 Å². The van der Waals surface area contributed by atoms with Gasteiger partial charge in [0.25, 0.3) is 0 Å². The first-order valence-corrected chi connectivity index (χ1v) is 4.63. The van der Waals surface area contributed by atoms with E-state index in [0.29, 0.717) is 0 Å². The Labute approximate surface area is 84.5 Å². The Hall–Kier alpha value is -1.06. The van der Waals surface area contributed by atoms with Crippen LogP contribution in [0.1, 0.15) is 22.8 Å². The number of aliphatic hydroxyl groups is 1. The van der Waals surface area contributed by atoms with E-state index in [0.717, 1.165) is 22.4 Å². The van der Waals surface area contributed by atoms with E-state index in [9.17, 15) is 5.11 Å². The van der Waals surface area contributed by atoms with Gasteiger partial charge < -0.3 is 15.6 Å². The number of nitrogens with two attached hydrogens (primary N) is 1. The lowest BCUT2D eigenvalue weighted by Crippen LogP contribution is -2.12. The quantitative estimate of drug-likeness (QED) is 0.764. The minimum absolute atomic E-state index is 0.241. The molecular weight excluding hydrogens is 178 g/mol. The maximum atomic E-state index is 9.58. The Morgan fingerprint density at radius 1 is 1.36 bits per heavy atom. The second kappa shape index (κ2) is 4.44. The molecule has 0 amide bonds. The molecule has 0 heterocycles. The van der Waals surface area contributed by atoms with Gasteiger partial charge in [-0.1, -0.05) is 0 Å². The van der Waals surface area contributed by atoms with Gasteiger partial charge in [-0.3, -0.25) is 0 Å². The molecule has 0 radical (unpaired) electrons. The number of benzene rings is 1. The lowest BCUT2D eigenvalue weighted by molar-refractivity contribution is 0.186. The van der Waals surface area contributed by atoms with E-state index in [2.05, 4.69) is 0 Å². The number of methoxy groups -OCH3 is 1. The second-order valence-corrected chi connectivity index (χ2v) is 3.44. The van der Waals surface area contributed by atoms with Crippen molar-refractivity contribution < 1.29 is 9.84 Å².